The molecule has 19 heavy (non-hydrogen) atoms. The number of aryl methyl sites for hydroxylation is 1. The van der Waals surface area contributed by atoms with Crippen LogP contribution in [0.1, 0.15) is 35.1 Å². The van der Waals surface area contributed by atoms with E-state index < -0.39 is 0 Å². The van der Waals surface area contributed by atoms with Gasteiger partial charge in [0.05, 0.1) is 0 Å². The van der Waals surface area contributed by atoms with Gasteiger partial charge in [-0.2, -0.15) is 0 Å². The maximum absolute atomic E-state index is 6.06. The van der Waals surface area contributed by atoms with E-state index in [2.05, 4.69) is 54.7 Å². The van der Waals surface area contributed by atoms with Crippen LogP contribution in [0.25, 0.3) is 0 Å². The maximum atomic E-state index is 6.06. The van der Waals surface area contributed by atoms with Gasteiger partial charge in [0.25, 0.3) is 0 Å². The average molecular weight is 272 g/mol. The van der Waals surface area contributed by atoms with Gasteiger partial charge in [-0.25, -0.2) is 0 Å². The first-order valence-corrected chi connectivity index (χ1v) is 7.18. The van der Waals surface area contributed by atoms with Crippen LogP contribution in [0.4, 0.5) is 0 Å². The molecular formula is C17H18ClN. The fraction of sp³-hybridized carbons (Fsp3) is 0.294. The van der Waals surface area contributed by atoms with Crippen molar-refractivity contribution in [2.24, 2.45) is 0 Å². The predicted octanol–water partition coefficient (Wildman–Crippen LogP) is 4.47. The summed E-state index contributed by atoms with van der Waals surface area (Å²) in [4.78, 5) is 0. The van der Waals surface area contributed by atoms with Crippen LogP contribution in [0.2, 0.25) is 5.02 Å². The van der Waals surface area contributed by atoms with Gasteiger partial charge in [-0.05, 0) is 48.7 Å². The van der Waals surface area contributed by atoms with Crippen LogP contribution in [0, 0.1) is 6.92 Å². The van der Waals surface area contributed by atoms with Gasteiger partial charge in [0.2, 0.25) is 0 Å². The third-order valence-electron chi connectivity index (χ3n) is 4.01. The van der Waals surface area contributed by atoms with E-state index in [0.717, 1.165) is 11.6 Å². The summed E-state index contributed by atoms with van der Waals surface area (Å²) < 4.78 is 0. The van der Waals surface area contributed by atoms with Crippen LogP contribution in [-0.4, -0.2) is 6.54 Å². The average Bonchev–Trinajstić information content (AvgIpc) is 2.89. The highest BCUT2D eigenvalue weighted by molar-refractivity contribution is 6.30. The molecule has 1 heterocycles. The van der Waals surface area contributed by atoms with E-state index in [-0.39, 0.29) is 0 Å². The van der Waals surface area contributed by atoms with Gasteiger partial charge in [0.1, 0.15) is 0 Å². The van der Waals surface area contributed by atoms with Crippen molar-refractivity contribution in [1.82, 2.24) is 5.32 Å². The lowest BCUT2D eigenvalue weighted by atomic mass is 9.86. The first-order valence-electron chi connectivity index (χ1n) is 6.80. The molecule has 1 saturated heterocycles. The van der Waals surface area contributed by atoms with Gasteiger partial charge in [0, 0.05) is 17.0 Å². The van der Waals surface area contributed by atoms with Gasteiger partial charge in [0.15, 0.2) is 0 Å². The summed E-state index contributed by atoms with van der Waals surface area (Å²) in [6.45, 7) is 3.23. The Morgan fingerprint density at radius 3 is 2.63 bits per heavy atom. The zero-order valence-electron chi connectivity index (χ0n) is 11.1. The van der Waals surface area contributed by atoms with Crippen molar-refractivity contribution < 1.29 is 0 Å². The number of hydrogen-bond acceptors (Lipinski definition) is 1. The molecule has 0 amide bonds. The second kappa shape index (κ2) is 5.36. The van der Waals surface area contributed by atoms with E-state index in [4.69, 9.17) is 11.6 Å². The number of hydrogen-bond donors (Lipinski definition) is 1. The largest absolute Gasteiger partial charge is 0.309 e. The highest BCUT2D eigenvalue weighted by atomic mass is 35.5. The lowest BCUT2D eigenvalue weighted by Gasteiger charge is -2.22. The Balaban J connectivity index is 1.95. The fourth-order valence-electron chi connectivity index (χ4n) is 3.10. The molecule has 2 aromatic rings. The minimum Gasteiger partial charge on any atom is -0.309 e. The Bertz CT molecular complexity index is 565. The lowest BCUT2D eigenvalue weighted by molar-refractivity contribution is 0.576. The molecule has 1 N–H and O–H groups in total. The van der Waals surface area contributed by atoms with Crippen LogP contribution in [0.5, 0.6) is 0 Å². The molecular weight excluding hydrogens is 254 g/mol. The molecule has 0 aromatic heterocycles. The molecule has 1 aliphatic rings. The van der Waals surface area contributed by atoms with Crippen molar-refractivity contribution in [2.45, 2.75) is 25.3 Å². The van der Waals surface area contributed by atoms with Gasteiger partial charge in [-0.3, -0.25) is 0 Å². The van der Waals surface area contributed by atoms with E-state index in [1.54, 1.807) is 0 Å². The van der Waals surface area contributed by atoms with Gasteiger partial charge < -0.3 is 5.32 Å². The molecule has 2 heteroatoms. The third kappa shape index (κ3) is 2.54. The Kier molecular flexibility index (Phi) is 3.58. The molecule has 0 bridgehead atoms. The smallest absolute Gasteiger partial charge is 0.0408 e. The molecule has 2 atom stereocenters. The van der Waals surface area contributed by atoms with Crippen LogP contribution in [0.15, 0.2) is 48.5 Å². The van der Waals surface area contributed by atoms with Crippen molar-refractivity contribution in [2.75, 3.05) is 6.54 Å². The van der Waals surface area contributed by atoms with Crippen molar-refractivity contribution in [3.63, 3.8) is 0 Å². The highest BCUT2D eigenvalue weighted by Gasteiger charge is 2.30. The molecule has 2 unspecified atom stereocenters. The standard InChI is InChI=1S/C17H18ClN/c1-12-11-14(18)7-8-15(12)16-9-10-19-17(16)13-5-3-2-4-6-13/h2-8,11,16-17,19H,9-10H2,1H3. The SMILES string of the molecule is Cc1cc(Cl)ccc1C1CCNC1c1ccccc1. The van der Waals surface area contributed by atoms with E-state index in [1.165, 1.54) is 23.1 Å². The molecule has 0 aliphatic carbocycles. The quantitative estimate of drug-likeness (QED) is 0.850. The summed E-state index contributed by atoms with van der Waals surface area (Å²) in [5, 5.41) is 4.45. The number of halogens is 1. The molecule has 1 nitrogen and oxygen atoms in total. The van der Waals surface area contributed by atoms with E-state index in [9.17, 15) is 0 Å². The molecule has 0 radical (unpaired) electrons. The third-order valence-corrected chi connectivity index (χ3v) is 4.25. The molecule has 0 saturated carbocycles. The van der Waals surface area contributed by atoms with Gasteiger partial charge >= 0.3 is 0 Å². The van der Waals surface area contributed by atoms with E-state index >= 15 is 0 Å². The zero-order valence-corrected chi connectivity index (χ0v) is 11.8. The zero-order chi connectivity index (χ0) is 13.2. The first-order chi connectivity index (χ1) is 9.25. The number of nitrogens with one attached hydrogen (secondary N) is 1. The molecule has 0 spiro atoms. The highest BCUT2D eigenvalue weighted by Crippen LogP contribution is 2.39. The monoisotopic (exact) mass is 271 g/mol. The minimum absolute atomic E-state index is 0.418. The summed E-state index contributed by atoms with van der Waals surface area (Å²) >= 11 is 6.06. The summed E-state index contributed by atoms with van der Waals surface area (Å²) in [7, 11) is 0. The molecule has 98 valence electrons. The molecule has 2 aromatic carbocycles. The molecule has 3 rings (SSSR count). The summed E-state index contributed by atoms with van der Waals surface area (Å²) in [5.74, 6) is 0.541. The Hall–Kier alpha value is -1.31. The van der Waals surface area contributed by atoms with Crippen molar-refractivity contribution in [3.05, 3.63) is 70.2 Å². The van der Waals surface area contributed by atoms with E-state index in [0.29, 0.717) is 12.0 Å². The molecule has 1 aliphatic heterocycles. The summed E-state index contributed by atoms with van der Waals surface area (Å²) in [5.41, 5.74) is 4.09. The Morgan fingerprint density at radius 1 is 1.11 bits per heavy atom. The summed E-state index contributed by atoms with van der Waals surface area (Å²) in [6.07, 6.45) is 1.18. The van der Waals surface area contributed by atoms with Crippen molar-refractivity contribution in [1.29, 1.82) is 0 Å². The first kappa shape index (κ1) is 12.7. The topological polar surface area (TPSA) is 12.0 Å². The second-order valence-electron chi connectivity index (χ2n) is 5.24. The van der Waals surface area contributed by atoms with Crippen molar-refractivity contribution in [3.8, 4) is 0 Å². The maximum Gasteiger partial charge on any atom is 0.0408 e. The van der Waals surface area contributed by atoms with Crippen molar-refractivity contribution >= 4 is 11.6 Å². The molecule has 1 fully saturated rings. The summed E-state index contributed by atoms with van der Waals surface area (Å²) in [6, 6.07) is 17.4. The predicted molar refractivity (Wildman–Crippen MR) is 80.7 cm³/mol. The van der Waals surface area contributed by atoms with Gasteiger partial charge in [-0.1, -0.05) is 48.0 Å². The van der Waals surface area contributed by atoms with Crippen LogP contribution in [-0.2, 0) is 0 Å². The Labute approximate surface area is 119 Å². The lowest BCUT2D eigenvalue weighted by Crippen LogP contribution is -2.17. The van der Waals surface area contributed by atoms with Crippen LogP contribution in [0.3, 0.4) is 0 Å². The second-order valence-corrected chi connectivity index (χ2v) is 5.67. The normalized spacial score (nSPS) is 22.6. The van der Waals surface area contributed by atoms with Crippen LogP contribution < -0.4 is 5.32 Å². The van der Waals surface area contributed by atoms with E-state index in [1.807, 2.05) is 6.07 Å². The fourth-order valence-corrected chi connectivity index (χ4v) is 3.33. The minimum atomic E-state index is 0.418. The number of benzene rings is 2. The van der Waals surface area contributed by atoms with Crippen LogP contribution >= 0.6 is 11.6 Å². The van der Waals surface area contributed by atoms with Gasteiger partial charge in [-0.15, -0.1) is 0 Å². The Morgan fingerprint density at radius 2 is 1.89 bits per heavy atom. The number of rotatable bonds is 2.